The number of hydroxylamine groups is 1. The van der Waals surface area contributed by atoms with E-state index in [9.17, 15) is 0 Å². The van der Waals surface area contributed by atoms with Crippen molar-refractivity contribution in [2.75, 3.05) is 19.2 Å². The average Bonchev–Trinajstić information content (AvgIpc) is 2.05. The molecule has 0 saturated heterocycles. The van der Waals surface area contributed by atoms with Crippen LogP contribution in [0.15, 0.2) is 18.3 Å². The number of hydrogen-bond donors (Lipinski definition) is 0. The van der Waals surface area contributed by atoms with E-state index in [0.717, 1.165) is 5.69 Å². The quantitative estimate of drug-likeness (QED) is 0.502. The molecule has 60 valence electrons. The lowest BCUT2D eigenvalue weighted by Crippen LogP contribution is -2.14. The van der Waals surface area contributed by atoms with E-state index < -0.39 is 0 Å². The highest BCUT2D eigenvalue weighted by molar-refractivity contribution is 6.29. The Morgan fingerprint density at radius 3 is 2.73 bits per heavy atom. The molecule has 0 radical (unpaired) electrons. The Bertz CT molecular complexity index is 224. The van der Waals surface area contributed by atoms with Gasteiger partial charge in [-0.05, 0) is 12.1 Å². The maximum absolute atomic E-state index is 5.59. The van der Waals surface area contributed by atoms with Crippen LogP contribution in [0, 0.1) is 0 Å². The summed E-state index contributed by atoms with van der Waals surface area (Å²) in [6.45, 7) is 0. The van der Waals surface area contributed by atoms with E-state index in [0.29, 0.717) is 5.15 Å². The van der Waals surface area contributed by atoms with E-state index in [2.05, 4.69) is 4.98 Å². The highest BCUT2D eigenvalue weighted by Crippen LogP contribution is 2.12. The summed E-state index contributed by atoms with van der Waals surface area (Å²) in [6.07, 6.45) is 1.64. The minimum atomic E-state index is 0.484. The fraction of sp³-hybridized carbons (Fsp3) is 0.286. The normalized spacial score (nSPS) is 9.73. The minimum Gasteiger partial charge on any atom is -0.277 e. The predicted molar refractivity (Wildman–Crippen MR) is 44.7 cm³/mol. The first-order valence-electron chi connectivity index (χ1n) is 3.13. The second kappa shape index (κ2) is 3.55. The summed E-state index contributed by atoms with van der Waals surface area (Å²) >= 11 is 5.59. The first-order valence-corrected chi connectivity index (χ1v) is 3.51. The van der Waals surface area contributed by atoms with Gasteiger partial charge >= 0.3 is 0 Å². The van der Waals surface area contributed by atoms with Crippen molar-refractivity contribution in [2.45, 2.75) is 0 Å². The van der Waals surface area contributed by atoms with Crippen LogP contribution >= 0.6 is 11.6 Å². The van der Waals surface area contributed by atoms with Crippen molar-refractivity contribution in [3.05, 3.63) is 23.5 Å². The average molecular weight is 173 g/mol. The molecule has 3 nitrogen and oxygen atoms in total. The molecule has 0 amide bonds. The summed E-state index contributed by atoms with van der Waals surface area (Å²) in [7, 11) is 3.39. The number of nitrogens with zero attached hydrogens (tertiary/aromatic N) is 2. The van der Waals surface area contributed by atoms with Crippen LogP contribution in [0.1, 0.15) is 0 Å². The summed E-state index contributed by atoms with van der Waals surface area (Å²) in [4.78, 5) is 8.82. The Balaban J connectivity index is 2.81. The lowest BCUT2D eigenvalue weighted by atomic mass is 10.4. The van der Waals surface area contributed by atoms with Crippen molar-refractivity contribution >= 4 is 17.3 Å². The van der Waals surface area contributed by atoms with Crippen molar-refractivity contribution < 1.29 is 4.84 Å². The fourth-order valence-electron chi connectivity index (χ4n) is 0.660. The lowest BCUT2D eigenvalue weighted by Gasteiger charge is -2.14. The molecule has 0 N–H and O–H groups in total. The molecular weight excluding hydrogens is 164 g/mol. The van der Waals surface area contributed by atoms with E-state index >= 15 is 0 Å². The highest BCUT2D eigenvalue weighted by atomic mass is 35.5. The van der Waals surface area contributed by atoms with Crippen LogP contribution in [0.25, 0.3) is 0 Å². The maximum Gasteiger partial charge on any atom is 0.129 e. The van der Waals surface area contributed by atoms with Crippen LogP contribution in [0.5, 0.6) is 0 Å². The van der Waals surface area contributed by atoms with Gasteiger partial charge in [0.15, 0.2) is 0 Å². The Labute approximate surface area is 70.5 Å². The van der Waals surface area contributed by atoms with Crippen molar-refractivity contribution in [1.82, 2.24) is 4.98 Å². The molecule has 1 aromatic heterocycles. The summed E-state index contributed by atoms with van der Waals surface area (Å²) in [5.41, 5.74) is 0.872. The molecule has 0 unspecified atom stereocenters. The van der Waals surface area contributed by atoms with Crippen LogP contribution in [0.4, 0.5) is 5.69 Å². The standard InChI is InChI=1S/C7H9ClN2O/c1-10(11-2)6-3-4-7(8)9-5-6/h3-5H,1-2H3. The molecule has 0 fully saturated rings. The SMILES string of the molecule is CON(C)c1ccc(Cl)nc1. The van der Waals surface area contributed by atoms with Gasteiger partial charge in [-0.15, -0.1) is 0 Å². The van der Waals surface area contributed by atoms with Crippen LogP contribution < -0.4 is 5.06 Å². The van der Waals surface area contributed by atoms with Gasteiger partial charge in [0.1, 0.15) is 5.15 Å². The Kier molecular flexibility index (Phi) is 2.68. The Morgan fingerprint density at radius 1 is 1.55 bits per heavy atom. The Hall–Kier alpha value is -0.800. The number of aromatic nitrogens is 1. The molecule has 1 aromatic rings. The molecule has 0 bridgehead atoms. The smallest absolute Gasteiger partial charge is 0.129 e. The minimum absolute atomic E-state index is 0.484. The van der Waals surface area contributed by atoms with Gasteiger partial charge in [0.25, 0.3) is 0 Å². The van der Waals surface area contributed by atoms with E-state index in [4.69, 9.17) is 16.4 Å². The molecule has 11 heavy (non-hydrogen) atoms. The molecule has 1 rings (SSSR count). The number of rotatable bonds is 2. The number of pyridine rings is 1. The third-order valence-corrected chi connectivity index (χ3v) is 1.57. The zero-order valence-electron chi connectivity index (χ0n) is 6.41. The van der Waals surface area contributed by atoms with E-state index in [1.54, 1.807) is 31.5 Å². The number of halogens is 1. The maximum atomic E-state index is 5.59. The van der Waals surface area contributed by atoms with Gasteiger partial charge in [0, 0.05) is 7.05 Å². The third kappa shape index (κ3) is 2.06. The summed E-state index contributed by atoms with van der Waals surface area (Å²) in [6, 6.07) is 3.55. The largest absolute Gasteiger partial charge is 0.277 e. The second-order valence-corrected chi connectivity index (χ2v) is 2.41. The highest BCUT2D eigenvalue weighted by Gasteiger charge is 1.97. The summed E-state index contributed by atoms with van der Waals surface area (Å²) < 4.78 is 0. The van der Waals surface area contributed by atoms with Crippen LogP contribution in [-0.4, -0.2) is 19.1 Å². The van der Waals surface area contributed by atoms with E-state index in [1.807, 2.05) is 6.07 Å². The first kappa shape index (κ1) is 8.30. The van der Waals surface area contributed by atoms with Gasteiger partial charge in [-0.25, -0.2) is 4.98 Å². The molecule has 0 aliphatic carbocycles. The summed E-state index contributed by atoms with van der Waals surface area (Å²) in [5.74, 6) is 0. The molecule has 0 aromatic carbocycles. The van der Waals surface area contributed by atoms with Crippen LogP contribution in [-0.2, 0) is 4.84 Å². The van der Waals surface area contributed by atoms with Gasteiger partial charge in [-0.3, -0.25) is 9.90 Å². The first-order chi connectivity index (χ1) is 5.24. The van der Waals surface area contributed by atoms with Crippen molar-refractivity contribution in [3.8, 4) is 0 Å². The van der Waals surface area contributed by atoms with E-state index in [-0.39, 0.29) is 0 Å². The zero-order valence-corrected chi connectivity index (χ0v) is 7.17. The molecule has 0 aliphatic heterocycles. The lowest BCUT2D eigenvalue weighted by molar-refractivity contribution is 0.184. The molecule has 0 atom stereocenters. The molecular formula is C7H9ClN2O. The van der Waals surface area contributed by atoms with Crippen molar-refractivity contribution in [1.29, 1.82) is 0 Å². The van der Waals surface area contributed by atoms with Crippen molar-refractivity contribution in [2.24, 2.45) is 0 Å². The fourth-order valence-corrected chi connectivity index (χ4v) is 0.771. The van der Waals surface area contributed by atoms with Gasteiger partial charge in [0.05, 0.1) is 19.0 Å². The van der Waals surface area contributed by atoms with Gasteiger partial charge in [-0.2, -0.15) is 0 Å². The van der Waals surface area contributed by atoms with E-state index in [1.165, 1.54) is 0 Å². The number of anilines is 1. The molecule has 4 heteroatoms. The molecule has 1 heterocycles. The summed E-state index contributed by atoms with van der Waals surface area (Å²) in [5, 5.41) is 2.09. The predicted octanol–water partition coefficient (Wildman–Crippen LogP) is 1.73. The van der Waals surface area contributed by atoms with Crippen molar-refractivity contribution in [3.63, 3.8) is 0 Å². The Morgan fingerprint density at radius 2 is 2.27 bits per heavy atom. The zero-order chi connectivity index (χ0) is 8.27. The topological polar surface area (TPSA) is 25.4 Å². The van der Waals surface area contributed by atoms with Crippen LogP contribution in [0.3, 0.4) is 0 Å². The molecule has 0 saturated carbocycles. The van der Waals surface area contributed by atoms with Gasteiger partial charge in [-0.1, -0.05) is 11.6 Å². The monoisotopic (exact) mass is 172 g/mol. The van der Waals surface area contributed by atoms with Crippen LogP contribution in [0.2, 0.25) is 5.15 Å². The second-order valence-electron chi connectivity index (χ2n) is 2.02. The molecule has 0 aliphatic rings. The molecule has 0 spiro atoms. The third-order valence-electron chi connectivity index (χ3n) is 1.35. The van der Waals surface area contributed by atoms with Gasteiger partial charge in [0.2, 0.25) is 0 Å². The number of hydrogen-bond acceptors (Lipinski definition) is 3. The van der Waals surface area contributed by atoms with Gasteiger partial charge < -0.3 is 0 Å².